The first-order valence-electron chi connectivity index (χ1n) is 9.18. The van der Waals surface area contributed by atoms with Crippen molar-refractivity contribution in [1.82, 2.24) is 24.8 Å². The van der Waals surface area contributed by atoms with Crippen LogP contribution in [0.1, 0.15) is 40.9 Å². The second-order valence-corrected chi connectivity index (χ2v) is 7.38. The third kappa shape index (κ3) is 3.21. The molecule has 3 heterocycles. The molecule has 0 aliphatic heterocycles. The number of aryl methyl sites for hydroxylation is 2. The second kappa shape index (κ2) is 6.56. The number of hydrogen-bond acceptors (Lipinski definition) is 4. The maximum Gasteiger partial charge on any atom is 0.116 e. The summed E-state index contributed by atoms with van der Waals surface area (Å²) in [5, 5.41) is 3.49. The van der Waals surface area contributed by atoms with E-state index in [1.54, 1.807) is 6.33 Å². The molecule has 0 atom stereocenters. The summed E-state index contributed by atoms with van der Waals surface area (Å²) in [7, 11) is 0. The van der Waals surface area contributed by atoms with Gasteiger partial charge in [-0.25, -0.2) is 9.97 Å². The molecular formula is C21H25N5. The van der Waals surface area contributed by atoms with Crippen LogP contribution in [0.2, 0.25) is 0 Å². The van der Waals surface area contributed by atoms with Crippen molar-refractivity contribution in [2.75, 3.05) is 6.54 Å². The Morgan fingerprint density at radius 1 is 1.23 bits per heavy atom. The van der Waals surface area contributed by atoms with Crippen LogP contribution in [0.15, 0.2) is 31.4 Å². The monoisotopic (exact) mass is 347 g/mol. The number of aromatic nitrogens is 4. The molecule has 3 aromatic heterocycles. The van der Waals surface area contributed by atoms with Gasteiger partial charge in [0, 0.05) is 35.9 Å². The van der Waals surface area contributed by atoms with Crippen LogP contribution in [0.5, 0.6) is 0 Å². The van der Waals surface area contributed by atoms with Crippen molar-refractivity contribution in [3.8, 4) is 0 Å². The van der Waals surface area contributed by atoms with Gasteiger partial charge in [0.2, 0.25) is 0 Å². The van der Waals surface area contributed by atoms with E-state index in [0.29, 0.717) is 6.54 Å². The van der Waals surface area contributed by atoms with E-state index in [2.05, 4.69) is 52.5 Å². The second-order valence-electron chi connectivity index (χ2n) is 7.38. The number of rotatable bonds is 6. The van der Waals surface area contributed by atoms with Crippen LogP contribution in [-0.2, 0) is 6.54 Å². The van der Waals surface area contributed by atoms with Crippen molar-refractivity contribution < 1.29 is 0 Å². The summed E-state index contributed by atoms with van der Waals surface area (Å²) in [5.41, 5.74) is 8.49. The van der Waals surface area contributed by atoms with Gasteiger partial charge >= 0.3 is 0 Å². The normalized spacial score (nSPS) is 14.0. The topological polar surface area (TPSA) is 55.6 Å². The third-order valence-corrected chi connectivity index (χ3v) is 5.24. The lowest BCUT2D eigenvalue weighted by Crippen LogP contribution is -2.14. The van der Waals surface area contributed by atoms with Crippen LogP contribution in [0.25, 0.3) is 16.7 Å². The van der Waals surface area contributed by atoms with Crippen molar-refractivity contribution in [3.05, 3.63) is 59.4 Å². The van der Waals surface area contributed by atoms with Gasteiger partial charge in [0.15, 0.2) is 0 Å². The molecule has 134 valence electrons. The lowest BCUT2D eigenvalue weighted by atomic mass is 10.2. The Kier molecular flexibility index (Phi) is 4.23. The Labute approximate surface area is 154 Å². The fourth-order valence-corrected chi connectivity index (χ4v) is 3.21. The van der Waals surface area contributed by atoms with E-state index in [0.717, 1.165) is 57.3 Å². The summed E-state index contributed by atoms with van der Waals surface area (Å²) in [5.74, 6) is 0.807. The lowest BCUT2D eigenvalue weighted by molar-refractivity contribution is 0.758. The Morgan fingerprint density at radius 3 is 2.81 bits per heavy atom. The number of pyridine rings is 1. The number of hydrogen-bond donors (Lipinski definition) is 1. The van der Waals surface area contributed by atoms with Crippen molar-refractivity contribution in [2.45, 2.75) is 40.2 Å². The summed E-state index contributed by atoms with van der Waals surface area (Å²) in [6, 6.07) is 2.18. The summed E-state index contributed by atoms with van der Waals surface area (Å²) in [4.78, 5) is 13.5. The zero-order valence-corrected chi connectivity index (χ0v) is 15.7. The minimum absolute atomic E-state index is 0.701. The first kappa shape index (κ1) is 16.8. The van der Waals surface area contributed by atoms with E-state index < -0.39 is 0 Å². The van der Waals surface area contributed by atoms with Gasteiger partial charge in [-0.15, -0.1) is 0 Å². The molecule has 0 saturated heterocycles. The Morgan fingerprint density at radius 2 is 2.04 bits per heavy atom. The predicted molar refractivity (Wildman–Crippen MR) is 105 cm³/mol. The fraction of sp³-hybridized carbons (Fsp3) is 0.381. The summed E-state index contributed by atoms with van der Waals surface area (Å²) >= 11 is 0. The Bertz CT molecular complexity index is 981. The zero-order chi connectivity index (χ0) is 18.3. The maximum atomic E-state index is 4.69. The standard InChI is InChI=1S/C21H25N5/c1-13-7-20-21(23-8-13)18(16(4)22-9-17-5-6-17)10-26(20)11-19-14(2)15(3)24-12-25-19/h7-8,10,12,17,22H,4-6,9,11H2,1-3H3. The molecule has 5 heteroatoms. The van der Waals surface area contributed by atoms with E-state index in [9.17, 15) is 0 Å². The van der Waals surface area contributed by atoms with Crippen LogP contribution >= 0.6 is 0 Å². The smallest absolute Gasteiger partial charge is 0.116 e. The first-order valence-corrected chi connectivity index (χ1v) is 9.18. The van der Waals surface area contributed by atoms with Crippen LogP contribution in [0.4, 0.5) is 0 Å². The van der Waals surface area contributed by atoms with Crippen molar-refractivity contribution in [3.63, 3.8) is 0 Å². The zero-order valence-electron chi connectivity index (χ0n) is 15.7. The lowest BCUT2D eigenvalue weighted by Gasteiger charge is -2.09. The first-order chi connectivity index (χ1) is 12.5. The van der Waals surface area contributed by atoms with Gasteiger partial charge in [-0.2, -0.15) is 0 Å². The molecule has 0 amide bonds. The van der Waals surface area contributed by atoms with E-state index in [1.807, 2.05) is 13.1 Å². The highest BCUT2D eigenvalue weighted by atomic mass is 15.0. The highest BCUT2D eigenvalue weighted by molar-refractivity contribution is 5.89. The van der Waals surface area contributed by atoms with Gasteiger partial charge in [-0.3, -0.25) is 4.98 Å². The summed E-state index contributed by atoms with van der Waals surface area (Å²) < 4.78 is 2.23. The minimum atomic E-state index is 0.701. The molecule has 0 spiro atoms. The van der Waals surface area contributed by atoms with E-state index in [1.165, 1.54) is 12.8 Å². The molecular weight excluding hydrogens is 322 g/mol. The molecule has 1 N–H and O–H groups in total. The van der Waals surface area contributed by atoms with Crippen LogP contribution < -0.4 is 5.32 Å². The number of nitrogens with one attached hydrogen (secondary N) is 1. The van der Waals surface area contributed by atoms with Crippen molar-refractivity contribution >= 4 is 16.7 Å². The molecule has 1 saturated carbocycles. The van der Waals surface area contributed by atoms with E-state index in [4.69, 9.17) is 4.98 Å². The SMILES string of the molecule is C=C(NCC1CC1)c1cn(Cc2ncnc(C)c2C)c2cc(C)cnc12. The average molecular weight is 347 g/mol. The van der Waals surface area contributed by atoms with Crippen molar-refractivity contribution in [1.29, 1.82) is 0 Å². The Balaban J connectivity index is 1.72. The van der Waals surface area contributed by atoms with Gasteiger partial charge in [-0.1, -0.05) is 6.58 Å². The summed E-state index contributed by atoms with van der Waals surface area (Å²) in [6.45, 7) is 12.1. The van der Waals surface area contributed by atoms with Crippen molar-refractivity contribution in [2.24, 2.45) is 5.92 Å². The fourth-order valence-electron chi connectivity index (χ4n) is 3.21. The van der Waals surface area contributed by atoms with Crippen LogP contribution in [0, 0.1) is 26.7 Å². The molecule has 0 bridgehead atoms. The largest absolute Gasteiger partial charge is 0.385 e. The quantitative estimate of drug-likeness (QED) is 0.737. The number of nitrogens with zero attached hydrogens (tertiary/aromatic N) is 4. The third-order valence-electron chi connectivity index (χ3n) is 5.24. The molecule has 0 aromatic carbocycles. The molecule has 3 aromatic rings. The van der Waals surface area contributed by atoms with Gasteiger partial charge in [0.25, 0.3) is 0 Å². The molecule has 26 heavy (non-hydrogen) atoms. The highest BCUT2D eigenvalue weighted by Crippen LogP contribution is 2.30. The minimum Gasteiger partial charge on any atom is -0.385 e. The molecule has 1 fully saturated rings. The Hall–Kier alpha value is -2.69. The van der Waals surface area contributed by atoms with Gasteiger partial charge < -0.3 is 9.88 Å². The molecule has 0 unspecified atom stereocenters. The van der Waals surface area contributed by atoms with Crippen LogP contribution in [0.3, 0.4) is 0 Å². The van der Waals surface area contributed by atoms with Gasteiger partial charge in [-0.05, 0) is 56.7 Å². The van der Waals surface area contributed by atoms with Gasteiger partial charge in [0.05, 0.1) is 23.3 Å². The van der Waals surface area contributed by atoms with E-state index >= 15 is 0 Å². The molecule has 4 rings (SSSR count). The average Bonchev–Trinajstić information content (AvgIpc) is 3.39. The maximum absolute atomic E-state index is 4.69. The van der Waals surface area contributed by atoms with Gasteiger partial charge in [0.1, 0.15) is 6.33 Å². The van der Waals surface area contributed by atoms with Crippen LogP contribution in [-0.4, -0.2) is 26.1 Å². The molecule has 1 aliphatic rings. The molecule has 1 aliphatic carbocycles. The molecule has 5 nitrogen and oxygen atoms in total. The summed E-state index contributed by atoms with van der Waals surface area (Å²) in [6.07, 6.45) is 8.36. The highest BCUT2D eigenvalue weighted by Gasteiger charge is 2.22. The van der Waals surface area contributed by atoms with E-state index in [-0.39, 0.29) is 0 Å². The predicted octanol–water partition coefficient (Wildman–Crippen LogP) is 3.77. The number of fused-ring (bicyclic) bond motifs is 1. The molecule has 0 radical (unpaired) electrons.